The van der Waals surface area contributed by atoms with Gasteiger partial charge < -0.3 is 5.32 Å². The summed E-state index contributed by atoms with van der Waals surface area (Å²) in [4.78, 5) is 12.0. The van der Waals surface area contributed by atoms with Crippen LogP contribution < -0.4 is 10.5 Å². The predicted molar refractivity (Wildman–Crippen MR) is 85.1 cm³/mol. The van der Waals surface area contributed by atoms with Gasteiger partial charge in [-0.05, 0) is 48.9 Å². The summed E-state index contributed by atoms with van der Waals surface area (Å²) in [6.45, 7) is 1.66. The first kappa shape index (κ1) is 18.9. The topological polar surface area (TPSA) is 89.3 Å². The number of sulfonamides is 1. The number of nitrogens with one attached hydrogen (secondary N) is 1. The summed E-state index contributed by atoms with van der Waals surface area (Å²) < 4.78 is 60.0. The van der Waals surface area contributed by atoms with Gasteiger partial charge in [0, 0.05) is 5.56 Å². The van der Waals surface area contributed by atoms with Crippen molar-refractivity contribution in [3.63, 3.8) is 0 Å². The van der Waals surface area contributed by atoms with E-state index in [1.807, 2.05) is 0 Å². The first-order chi connectivity index (χ1) is 11.5. The Labute approximate surface area is 142 Å². The molecule has 25 heavy (non-hydrogen) atoms. The molecule has 0 heterocycles. The van der Waals surface area contributed by atoms with E-state index in [1.54, 1.807) is 6.92 Å². The summed E-state index contributed by atoms with van der Waals surface area (Å²) in [6, 6.07) is 8.99. The number of carbonyl (C=O) groups excluding carboxylic acids is 1. The lowest BCUT2D eigenvalue weighted by Crippen LogP contribution is -2.26. The van der Waals surface area contributed by atoms with Gasteiger partial charge in [-0.1, -0.05) is 12.1 Å². The van der Waals surface area contributed by atoms with E-state index in [9.17, 15) is 26.4 Å². The van der Waals surface area contributed by atoms with E-state index in [0.717, 1.165) is 24.3 Å². The maximum Gasteiger partial charge on any atom is 0.416 e. The average Bonchev–Trinajstić information content (AvgIpc) is 2.53. The lowest BCUT2D eigenvalue weighted by atomic mass is 10.1. The fraction of sp³-hybridized carbons (Fsp3) is 0.188. The molecule has 0 aromatic heterocycles. The molecule has 0 spiro atoms. The second kappa shape index (κ2) is 6.85. The number of rotatable bonds is 4. The third-order valence-corrected chi connectivity index (χ3v) is 4.46. The van der Waals surface area contributed by atoms with Crippen molar-refractivity contribution in [2.75, 3.05) is 0 Å². The highest BCUT2D eigenvalue weighted by molar-refractivity contribution is 7.89. The van der Waals surface area contributed by atoms with Crippen LogP contribution in [0.15, 0.2) is 53.4 Å². The van der Waals surface area contributed by atoms with Gasteiger partial charge in [0.2, 0.25) is 10.0 Å². The number of amides is 1. The molecule has 1 amide bonds. The fourth-order valence-electron chi connectivity index (χ4n) is 2.12. The van der Waals surface area contributed by atoms with E-state index < -0.39 is 33.7 Å². The van der Waals surface area contributed by atoms with Gasteiger partial charge in [-0.15, -0.1) is 0 Å². The maximum atomic E-state index is 12.5. The summed E-state index contributed by atoms with van der Waals surface area (Å²) in [6.07, 6.45) is -4.46. The molecule has 2 aromatic carbocycles. The van der Waals surface area contributed by atoms with Crippen molar-refractivity contribution in [1.82, 2.24) is 5.32 Å². The van der Waals surface area contributed by atoms with Gasteiger partial charge in [0.15, 0.2) is 0 Å². The van der Waals surface area contributed by atoms with Crippen molar-refractivity contribution in [2.24, 2.45) is 5.14 Å². The summed E-state index contributed by atoms with van der Waals surface area (Å²) in [5, 5.41) is 7.63. The van der Waals surface area contributed by atoms with E-state index in [-0.39, 0.29) is 10.5 Å². The van der Waals surface area contributed by atoms with Crippen molar-refractivity contribution in [3.05, 3.63) is 65.2 Å². The van der Waals surface area contributed by atoms with Crippen molar-refractivity contribution in [3.8, 4) is 0 Å². The third-order valence-electron chi connectivity index (χ3n) is 3.53. The number of nitrogens with two attached hydrogens (primary N) is 1. The lowest BCUT2D eigenvalue weighted by molar-refractivity contribution is -0.137. The van der Waals surface area contributed by atoms with Crippen LogP contribution in [0, 0.1) is 0 Å². The number of carbonyl (C=O) groups is 1. The van der Waals surface area contributed by atoms with Gasteiger partial charge >= 0.3 is 6.18 Å². The smallest absolute Gasteiger partial charge is 0.346 e. The molecule has 1 unspecified atom stereocenters. The highest BCUT2D eigenvalue weighted by Crippen LogP contribution is 2.29. The van der Waals surface area contributed by atoms with Gasteiger partial charge in [-0.3, -0.25) is 4.79 Å². The molecule has 0 aliphatic rings. The van der Waals surface area contributed by atoms with E-state index in [2.05, 4.69) is 5.32 Å². The van der Waals surface area contributed by atoms with Crippen molar-refractivity contribution in [2.45, 2.75) is 24.0 Å². The molecule has 134 valence electrons. The van der Waals surface area contributed by atoms with Crippen LogP contribution in [0.3, 0.4) is 0 Å². The highest BCUT2D eigenvalue weighted by atomic mass is 32.2. The zero-order valence-electron chi connectivity index (χ0n) is 13.0. The molecule has 5 nitrogen and oxygen atoms in total. The minimum absolute atomic E-state index is 0.0579. The Morgan fingerprint density at radius 2 is 1.56 bits per heavy atom. The Morgan fingerprint density at radius 1 is 1.04 bits per heavy atom. The normalized spacial score (nSPS) is 13.3. The Balaban J connectivity index is 2.09. The molecule has 9 heteroatoms. The highest BCUT2D eigenvalue weighted by Gasteiger charge is 2.30. The number of alkyl halides is 3. The first-order valence-corrected chi connectivity index (χ1v) is 8.64. The molecule has 0 saturated carbocycles. The van der Waals surface area contributed by atoms with Crippen LogP contribution in [0.25, 0.3) is 0 Å². The Kier molecular flexibility index (Phi) is 5.19. The Morgan fingerprint density at radius 3 is 2.00 bits per heavy atom. The zero-order valence-corrected chi connectivity index (χ0v) is 13.9. The van der Waals surface area contributed by atoms with Gasteiger partial charge in [0.25, 0.3) is 5.91 Å². The zero-order chi connectivity index (χ0) is 18.8. The van der Waals surface area contributed by atoms with Crippen molar-refractivity contribution < 1.29 is 26.4 Å². The fourth-order valence-corrected chi connectivity index (χ4v) is 2.64. The largest absolute Gasteiger partial charge is 0.416 e. The standard InChI is InChI=1S/C16H15F3N2O3S/c1-10(11-4-8-14(9-5-11)25(20,23)24)21-15(22)12-2-6-13(7-3-12)16(17,18)19/h2-10H,1H3,(H,21,22)(H2,20,23,24). The number of hydrogen-bond donors (Lipinski definition) is 2. The molecule has 2 rings (SSSR count). The minimum Gasteiger partial charge on any atom is -0.346 e. The molecular formula is C16H15F3N2O3S. The van der Waals surface area contributed by atoms with E-state index in [1.165, 1.54) is 24.3 Å². The Bertz CT molecular complexity index is 861. The van der Waals surface area contributed by atoms with Gasteiger partial charge in [0.05, 0.1) is 16.5 Å². The van der Waals surface area contributed by atoms with E-state index >= 15 is 0 Å². The molecule has 0 bridgehead atoms. The third kappa shape index (κ3) is 4.80. The summed E-state index contributed by atoms with van der Waals surface area (Å²) >= 11 is 0. The average molecular weight is 372 g/mol. The van der Waals surface area contributed by atoms with Crippen LogP contribution in [-0.2, 0) is 16.2 Å². The van der Waals surface area contributed by atoms with Gasteiger partial charge in [-0.2, -0.15) is 13.2 Å². The summed E-state index contributed by atoms with van der Waals surface area (Å²) in [5.74, 6) is -0.545. The number of benzene rings is 2. The summed E-state index contributed by atoms with van der Waals surface area (Å²) in [5.41, 5.74) is -0.135. The van der Waals surface area contributed by atoms with Crippen LogP contribution in [-0.4, -0.2) is 14.3 Å². The molecule has 3 N–H and O–H groups in total. The molecule has 0 aliphatic carbocycles. The van der Waals surface area contributed by atoms with E-state index in [4.69, 9.17) is 5.14 Å². The number of primary sulfonamides is 1. The molecule has 0 fully saturated rings. The SMILES string of the molecule is CC(NC(=O)c1ccc(C(F)(F)F)cc1)c1ccc(S(N)(=O)=O)cc1. The Hall–Kier alpha value is -2.39. The van der Waals surface area contributed by atoms with Crippen molar-refractivity contribution >= 4 is 15.9 Å². The van der Waals surface area contributed by atoms with Gasteiger partial charge in [-0.25, -0.2) is 13.6 Å². The molecule has 0 radical (unpaired) electrons. The molecular weight excluding hydrogens is 357 g/mol. The van der Waals surface area contributed by atoms with Crippen molar-refractivity contribution in [1.29, 1.82) is 0 Å². The van der Waals surface area contributed by atoms with E-state index in [0.29, 0.717) is 5.56 Å². The molecule has 1 atom stereocenters. The molecule has 0 saturated heterocycles. The van der Waals surface area contributed by atoms with Crippen LogP contribution in [0.2, 0.25) is 0 Å². The van der Waals surface area contributed by atoms with Crippen LogP contribution in [0.1, 0.15) is 34.5 Å². The minimum atomic E-state index is -4.46. The number of halogens is 3. The molecule has 0 aliphatic heterocycles. The quantitative estimate of drug-likeness (QED) is 0.865. The summed E-state index contributed by atoms with van der Waals surface area (Å²) in [7, 11) is -3.81. The second-order valence-corrected chi connectivity index (χ2v) is 6.95. The van der Waals surface area contributed by atoms with Crippen LogP contribution >= 0.6 is 0 Å². The number of hydrogen-bond acceptors (Lipinski definition) is 3. The molecule has 2 aromatic rings. The van der Waals surface area contributed by atoms with Crippen LogP contribution in [0.5, 0.6) is 0 Å². The monoisotopic (exact) mass is 372 g/mol. The predicted octanol–water partition coefficient (Wildman–Crippen LogP) is 2.84. The lowest BCUT2D eigenvalue weighted by Gasteiger charge is -2.15. The maximum absolute atomic E-state index is 12.5. The second-order valence-electron chi connectivity index (χ2n) is 5.38. The van der Waals surface area contributed by atoms with Crippen LogP contribution in [0.4, 0.5) is 13.2 Å². The first-order valence-electron chi connectivity index (χ1n) is 7.09. The van der Waals surface area contributed by atoms with Gasteiger partial charge in [0.1, 0.15) is 0 Å².